The number of piperidine rings is 1. The molecule has 1 fully saturated rings. The van der Waals surface area contributed by atoms with E-state index in [9.17, 15) is 8.42 Å². The molecule has 4 rings (SSSR count). The molecule has 1 aliphatic rings. The molecule has 0 aliphatic carbocycles. The summed E-state index contributed by atoms with van der Waals surface area (Å²) in [5.41, 5.74) is 0.538. The molecule has 0 amide bonds. The Labute approximate surface area is 162 Å². The molecule has 0 radical (unpaired) electrons. The van der Waals surface area contributed by atoms with Crippen molar-refractivity contribution in [3.63, 3.8) is 0 Å². The van der Waals surface area contributed by atoms with Gasteiger partial charge < -0.3 is 9.09 Å². The van der Waals surface area contributed by atoms with Crippen molar-refractivity contribution in [1.82, 2.24) is 34.0 Å². The van der Waals surface area contributed by atoms with Crippen LogP contribution in [0.4, 0.5) is 0 Å². The molecule has 148 valence electrons. The number of aromatic nitrogens is 6. The Morgan fingerprint density at radius 3 is 2.86 bits per heavy atom. The van der Waals surface area contributed by atoms with Gasteiger partial charge in [-0.15, -0.1) is 0 Å². The quantitative estimate of drug-likeness (QED) is 0.623. The average Bonchev–Trinajstić information content (AvgIpc) is 3.30. The highest BCUT2D eigenvalue weighted by atomic mass is 32.2. The second-order valence-corrected chi connectivity index (χ2v) is 8.80. The van der Waals surface area contributed by atoms with Crippen LogP contribution in [0, 0.1) is 12.8 Å². The van der Waals surface area contributed by atoms with Crippen molar-refractivity contribution in [3.8, 4) is 11.5 Å². The molecule has 28 heavy (non-hydrogen) atoms. The first-order chi connectivity index (χ1) is 13.4. The lowest BCUT2D eigenvalue weighted by molar-refractivity contribution is 0.246. The Balaban J connectivity index is 1.46. The van der Waals surface area contributed by atoms with Crippen molar-refractivity contribution in [2.24, 2.45) is 13.0 Å². The van der Waals surface area contributed by atoms with Crippen LogP contribution in [0.1, 0.15) is 24.6 Å². The molecule has 10 nitrogen and oxygen atoms in total. The van der Waals surface area contributed by atoms with Gasteiger partial charge in [-0.2, -0.15) is 9.29 Å². The number of hydrogen-bond donors (Lipinski definition) is 0. The predicted octanol–water partition coefficient (Wildman–Crippen LogP) is 1.21. The molecule has 1 unspecified atom stereocenters. The summed E-state index contributed by atoms with van der Waals surface area (Å²) < 4.78 is 34.4. The van der Waals surface area contributed by atoms with Gasteiger partial charge in [-0.25, -0.2) is 18.4 Å². The fourth-order valence-electron chi connectivity index (χ4n) is 3.30. The summed E-state index contributed by atoms with van der Waals surface area (Å²) in [4.78, 5) is 16.7. The molecule has 3 aromatic rings. The zero-order chi connectivity index (χ0) is 19.7. The molecule has 4 heterocycles. The molecule has 1 saturated heterocycles. The average molecular weight is 403 g/mol. The minimum atomic E-state index is -3.61. The number of hydrogen-bond acceptors (Lipinski definition) is 8. The summed E-state index contributed by atoms with van der Waals surface area (Å²) in [7, 11) is -1.83. The molecular weight excluding hydrogens is 382 g/mol. The lowest BCUT2D eigenvalue weighted by Crippen LogP contribution is -2.40. The van der Waals surface area contributed by atoms with Crippen molar-refractivity contribution in [2.45, 2.75) is 31.2 Å². The van der Waals surface area contributed by atoms with E-state index in [1.807, 2.05) is 0 Å². The first kappa shape index (κ1) is 18.7. The lowest BCUT2D eigenvalue weighted by atomic mass is 9.96. The van der Waals surface area contributed by atoms with E-state index in [-0.39, 0.29) is 10.9 Å². The zero-order valence-electron chi connectivity index (χ0n) is 15.7. The van der Waals surface area contributed by atoms with Gasteiger partial charge in [0.25, 0.3) is 10.0 Å². The number of aryl methyl sites for hydroxylation is 2. The maximum atomic E-state index is 12.9. The van der Waals surface area contributed by atoms with Crippen molar-refractivity contribution in [2.75, 3.05) is 13.1 Å². The minimum Gasteiger partial charge on any atom is -0.339 e. The lowest BCUT2D eigenvalue weighted by Gasteiger charge is -2.30. The fraction of sp³-hybridized carbons (Fsp3) is 0.471. The summed E-state index contributed by atoms with van der Waals surface area (Å²) in [6, 6.07) is 0. The second kappa shape index (κ2) is 7.40. The van der Waals surface area contributed by atoms with Gasteiger partial charge in [0.2, 0.25) is 11.7 Å². The number of imidazole rings is 1. The maximum Gasteiger partial charge on any atom is 0.262 e. The molecule has 1 aliphatic heterocycles. The van der Waals surface area contributed by atoms with E-state index in [1.54, 1.807) is 43.3 Å². The van der Waals surface area contributed by atoms with Crippen LogP contribution in [0.2, 0.25) is 0 Å². The smallest absolute Gasteiger partial charge is 0.262 e. The van der Waals surface area contributed by atoms with Crippen LogP contribution in [0.5, 0.6) is 0 Å². The second-order valence-electron chi connectivity index (χ2n) is 6.92. The van der Waals surface area contributed by atoms with E-state index in [1.165, 1.54) is 4.31 Å². The SMILES string of the molecule is Cc1nc(S(=O)(=O)N2CCCC(Cc3nc(-c4cnccn4)no3)C2)cn1C. The van der Waals surface area contributed by atoms with E-state index >= 15 is 0 Å². The van der Waals surface area contributed by atoms with Crippen LogP contribution < -0.4 is 0 Å². The summed E-state index contributed by atoms with van der Waals surface area (Å²) in [6.45, 7) is 2.67. The molecule has 0 spiro atoms. The molecule has 11 heteroatoms. The highest BCUT2D eigenvalue weighted by molar-refractivity contribution is 7.89. The minimum absolute atomic E-state index is 0.0934. The van der Waals surface area contributed by atoms with Crippen molar-refractivity contribution in [1.29, 1.82) is 0 Å². The third-order valence-electron chi connectivity index (χ3n) is 4.90. The van der Waals surface area contributed by atoms with Gasteiger partial charge in [0.05, 0.1) is 6.20 Å². The van der Waals surface area contributed by atoms with E-state index in [0.717, 1.165) is 12.8 Å². The van der Waals surface area contributed by atoms with Gasteiger partial charge in [-0.05, 0) is 25.7 Å². The molecule has 0 bridgehead atoms. The van der Waals surface area contributed by atoms with Gasteiger partial charge in [-0.3, -0.25) is 4.98 Å². The summed E-state index contributed by atoms with van der Waals surface area (Å²) >= 11 is 0. The van der Waals surface area contributed by atoms with Crippen molar-refractivity contribution < 1.29 is 12.9 Å². The molecule has 1 atom stereocenters. The standard InChI is InChI=1S/C17H21N7O3S/c1-12-20-16(11-23(12)2)28(25,26)24-7-3-4-13(10-24)8-15-21-17(22-27-15)14-9-18-5-6-19-14/h5-6,9,11,13H,3-4,7-8,10H2,1-2H3. The van der Waals surface area contributed by atoms with Gasteiger partial charge in [-0.1, -0.05) is 5.16 Å². The highest BCUT2D eigenvalue weighted by Crippen LogP contribution is 2.26. The van der Waals surface area contributed by atoms with Gasteiger partial charge in [0.15, 0.2) is 5.03 Å². The Kier molecular flexibility index (Phi) is 4.94. The van der Waals surface area contributed by atoms with Crippen LogP contribution in [-0.2, 0) is 23.5 Å². The van der Waals surface area contributed by atoms with Crippen LogP contribution in [0.3, 0.4) is 0 Å². The summed E-state index contributed by atoms with van der Waals surface area (Å²) in [5, 5.41) is 4.04. The Morgan fingerprint density at radius 2 is 2.14 bits per heavy atom. The van der Waals surface area contributed by atoms with E-state index in [0.29, 0.717) is 42.7 Å². The number of nitrogens with zero attached hydrogens (tertiary/aromatic N) is 7. The van der Waals surface area contributed by atoms with E-state index in [4.69, 9.17) is 4.52 Å². The monoisotopic (exact) mass is 403 g/mol. The first-order valence-corrected chi connectivity index (χ1v) is 10.5. The van der Waals surface area contributed by atoms with Crippen molar-refractivity contribution >= 4 is 10.0 Å². The zero-order valence-corrected chi connectivity index (χ0v) is 16.5. The highest BCUT2D eigenvalue weighted by Gasteiger charge is 2.33. The maximum absolute atomic E-state index is 12.9. The van der Waals surface area contributed by atoms with E-state index in [2.05, 4.69) is 25.1 Å². The number of rotatable bonds is 5. The van der Waals surface area contributed by atoms with Crippen molar-refractivity contribution in [3.05, 3.63) is 36.5 Å². The molecule has 0 aromatic carbocycles. The van der Waals surface area contributed by atoms with Crippen LogP contribution in [0.25, 0.3) is 11.5 Å². The van der Waals surface area contributed by atoms with Gasteiger partial charge in [0.1, 0.15) is 11.5 Å². The largest absolute Gasteiger partial charge is 0.339 e. The molecule has 0 N–H and O–H groups in total. The Hall–Kier alpha value is -2.66. The third-order valence-corrected chi connectivity index (χ3v) is 6.63. The third kappa shape index (κ3) is 3.67. The first-order valence-electron chi connectivity index (χ1n) is 9.02. The topological polar surface area (TPSA) is 120 Å². The Bertz CT molecular complexity index is 1040. The molecule has 3 aromatic heterocycles. The predicted molar refractivity (Wildman–Crippen MR) is 98.5 cm³/mol. The van der Waals surface area contributed by atoms with Crippen LogP contribution >= 0.6 is 0 Å². The van der Waals surface area contributed by atoms with Crippen LogP contribution in [0.15, 0.2) is 34.3 Å². The fourth-order valence-corrected chi connectivity index (χ4v) is 4.88. The van der Waals surface area contributed by atoms with Gasteiger partial charge in [0, 0.05) is 45.1 Å². The summed E-state index contributed by atoms with van der Waals surface area (Å²) in [5.74, 6) is 1.61. The van der Waals surface area contributed by atoms with Gasteiger partial charge >= 0.3 is 0 Å². The normalized spacial score (nSPS) is 18.4. The molecule has 0 saturated carbocycles. The Morgan fingerprint density at radius 1 is 1.29 bits per heavy atom. The molecular formula is C17H21N7O3S. The van der Waals surface area contributed by atoms with Crippen LogP contribution in [-0.4, -0.2) is 55.5 Å². The van der Waals surface area contributed by atoms with E-state index < -0.39 is 10.0 Å². The number of sulfonamides is 1. The summed E-state index contributed by atoms with van der Waals surface area (Å²) in [6.07, 6.45) is 8.45.